The van der Waals surface area contributed by atoms with E-state index in [0.29, 0.717) is 12.2 Å². The van der Waals surface area contributed by atoms with Gasteiger partial charge in [-0.2, -0.15) is 0 Å². The fourth-order valence-corrected chi connectivity index (χ4v) is 4.57. The van der Waals surface area contributed by atoms with Gasteiger partial charge in [-0.05, 0) is 31.1 Å². The van der Waals surface area contributed by atoms with Crippen molar-refractivity contribution in [3.8, 4) is 0 Å². The number of sulfone groups is 1. The van der Waals surface area contributed by atoms with Crippen molar-refractivity contribution in [1.82, 2.24) is 0 Å². The lowest BCUT2D eigenvalue weighted by Crippen LogP contribution is -2.29. The highest BCUT2D eigenvalue weighted by Crippen LogP contribution is 2.19. The second-order valence-corrected chi connectivity index (χ2v) is 9.43. The van der Waals surface area contributed by atoms with Gasteiger partial charge in [0.05, 0.1) is 12.0 Å². The van der Waals surface area contributed by atoms with Gasteiger partial charge in [0.2, 0.25) is 0 Å². The highest BCUT2D eigenvalue weighted by atomic mass is 32.2. The van der Waals surface area contributed by atoms with Crippen LogP contribution in [0.25, 0.3) is 0 Å². The van der Waals surface area contributed by atoms with E-state index in [2.05, 4.69) is 4.74 Å². The first-order chi connectivity index (χ1) is 15.3. The van der Waals surface area contributed by atoms with Gasteiger partial charge in [-0.1, -0.05) is 62.5 Å². The molecule has 0 aromatic heterocycles. The van der Waals surface area contributed by atoms with Crippen molar-refractivity contribution in [2.24, 2.45) is 0 Å². The minimum atomic E-state index is -3.98. The maximum absolute atomic E-state index is 12.9. The van der Waals surface area contributed by atoms with Crippen LogP contribution in [0.1, 0.15) is 58.3 Å². The Morgan fingerprint density at radius 2 is 1.59 bits per heavy atom. The zero-order valence-corrected chi connectivity index (χ0v) is 19.7. The van der Waals surface area contributed by atoms with Crippen LogP contribution in [-0.4, -0.2) is 44.4 Å². The second-order valence-electron chi connectivity index (χ2n) is 7.36. The van der Waals surface area contributed by atoms with Crippen molar-refractivity contribution in [1.29, 1.82) is 0 Å². The Morgan fingerprint density at radius 3 is 2.16 bits per heavy atom. The Hall–Kier alpha value is -2.45. The summed E-state index contributed by atoms with van der Waals surface area (Å²) in [5, 5.41) is 7.27. The number of unbranched alkanes of at least 4 members (excludes halogenated alkanes) is 6. The van der Waals surface area contributed by atoms with Gasteiger partial charge in [-0.3, -0.25) is 9.59 Å². The first-order valence-corrected chi connectivity index (χ1v) is 12.4. The van der Waals surface area contributed by atoms with Crippen LogP contribution < -0.4 is 0 Å². The molecule has 1 unspecified atom stereocenters. The number of hydrogen-bond acceptors (Lipinski definition) is 7. The van der Waals surface area contributed by atoms with E-state index in [1.807, 2.05) is 0 Å². The van der Waals surface area contributed by atoms with Gasteiger partial charge in [-0.15, -0.1) is 0 Å². The molecule has 0 spiro atoms. The lowest BCUT2D eigenvalue weighted by molar-refractivity contribution is -0.139. The highest BCUT2D eigenvalue weighted by Gasteiger charge is 2.32. The number of aliphatic hydroxyl groups is 1. The van der Waals surface area contributed by atoms with Crippen molar-refractivity contribution in [2.45, 2.75) is 68.4 Å². The van der Waals surface area contributed by atoms with E-state index in [1.54, 1.807) is 18.2 Å². The van der Waals surface area contributed by atoms with E-state index < -0.39 is 27.0 Å². The van der Waals surface area contributed by atoms with E-state index in [9.17, 15) is 18.0 Å². The first-order valence-electron chi connectivity index (χ1n) is 10.9. The molecule has 0 amide bonds. The maximum Gasteiger partial charge on any atom is 0.328 e. The normalized spacial score (nSPS) is 13.2. The topological polar surface area (TPSA) is 107 Å². The van der Waals surface area contributed by atoms with Crippen LogP contribution in [-0.2, 0) is 28.9 Å². The molecule has 1 rings (SSSR count). The predicted octanol–water partition coefficient (Wildman–Crippen LogP) is 4.12. The average Bonchev–Trinajstić information content (AvgIpc) is 2.77. The Kier molecular flexibility index (Phi) is 13.2. The molecular weight excluding hydrogens is 432 g/mol. The zero-order valence-electron chi connectivity index (χ0n) is 18.9. The molecule has 1 aromatic rings. The van der Waals surface area contributed by atoms with Gasteiger partial charge in [0.1, 0.15) is 5.76 Å². The van der Waals surface area contributed by atoms with Crippen molar-refractivity contribution < 1.29 is 32.6 Å². The second kappa shape index (κ2) is 15.4. The Morgan fingerprint density at radius 1 is 1.00 bits per heavy atom. The van der Waals surface area contributed by atoms with Crippen molar-refractivity contribution in [3.63, 3.8) is 0 Å². The summed E-state index contributed by atoms with van der Waals surface area (Å²) in [6.45, 7) is 1.53. The molecule has 0 saturated heterocycles. The number of aliphatic hydroxyl groups excluding tert-OH is 1. The summed E-state index contributed by atoms with van der Waals surface area (Å²) in [6.07, 6.45) is 11.5. The van der Waals surface area contributed by atoms with Gasteiger partial charge in [0, 0.05) is 20.0 Å². The number of allylic oxidation sites excluding steroid dienone is 3. The van der Waals surface area contributed by atoms with Crippen molar-refractivity contribution in [2.75, 3.05) is 13.7 Å². The molecule has 0 aliphatic carbocycles. The molecule has 1 atom stereocenters. The Bertz CT molecular complexity index is 858. The molecule has 1 aromatic carbocycles. The summed E-state index contributed by atoms with van der Waals surface area (Å²) < 4.78 is 35.6. The van der Waals surface area contributed by atoms with Crippen molar-refractivity contribution in [3.05, 3.63) is 54.3 Å². The third kappa shape index (κ3) is 10.2. The lowest BCUT2D eigenvalue weighted by atomic mass is 10.1. The number of hydrogen-bond donors (Lipinski definition) is 1. The highest BCUT2D eigenvalue weighted by molar-refractivity contribution is 7.93. The Labute approximate surface area is 191 Å². The quantitative estimate of drug-likeness (QED) is 0.179. The smallest absolute Gasteiger partial charge is 0.328 e. The third-order valence-corrected chi connectivity index (χ3v) is 6.71. The monoisotopic (exact) mass is 466 g/mol. The molecule has 7 nitrogen and oxygen atoms in total. The number of ether oxygens (including phenoxy) is 2. The predicted molar refractivity (Wildman–Crippen MR) is 122 cm³/mol. The van der Waals surface area contributed by atoms with Gasteiger partial charge < -0.3 is 14.6 Å². The number of methoxy groups -OCH3 is 1. The van der Waals surface area contributed by atoms with Gasteiger partial charge in [0.25, 0.3) is 0 Å². The summed E-state index contributed by atoms with van der Waals surface area (Å²) in [5.41, 5.74) is 0. The SMILES string of the molecule is COC(=O)C(/C=C\C=C(/CCCCCCCCCO)OC(C)=O)S(=O)(=O)c1ccccc1. The summed E-state index contributed by atoms with van der Waals surface area (Å²) in [6, 6.07) is 7.68. The molecule has 0 heterocycles. The summed E-state index contributed by atoms with van der Waals surface area (Å²) in [5.74, 6) is -0.946. The van der Waals surface area contributed by atoms with Crippen LogP contribution >= 0.6 is 0 Å². The molecule has 0 fully saturated rings. The largest absolute Gasteiger partial charge is 0.468 e. The minimum Gasteiger partial charge on any atom is -0.468 e. The van der Waals surface area contributed by atoms with E-state index in [1.165, 1.54) is 37.3 Å². The van der Waals surface area contributed by atoms with Crippen LogP contribution in [0.2, 0.25) is 0 Å². The van der Waals surface area contributed by atoms with Gasteiger partial charge in [0.15, 0.2) is 15.1 Å². The molecule has 0 saturated carbocycles. The maximum atomic E-state index is 12.9. The van der Waals surface area contributed by atoms with Gasteiger partial charge in [-0.25, -0.2) is 8.42 Å². The van der Waals surface area contributed by atoms with E-state index in [0.717, 1.165) is 52.1 Å². The van der Waals surface area contributed by atoms with E-state index in [-0.39, 0.29) is 11.5 Å². The molecule has 0 aliphatic heterocycles. The molecule has 32 heavy (non-hydrogen) atoms. The van der Waals surface area contributed by atoms with Crippen LogP contribution in [0.4, 0.5) is 0 Å². The standard InChI is InChI=1S/C24H34O7S/c1-20(26)31-21(14-9-6-4-3-5-7-12-19-25)15-13-18-23(24(27)30-2)32(28,29)22-16-10-8-11-17-22/h8,10-11,13,15-18,23,25H,3-7,9,12,14,19H2,1-2H3/b18-13-,21-15+. The molecule has 0 radical (unpaired) electrons. The minimum absolute atomic E-state index is 0.0169. The number of esters is 2. The zero-order chi connectivity index (χ0) is 23.8. The Balaban J connectivity index is 2.81. The molecule has 8 heteroatoms. The number of benzene rings is 1. The summed E-state index contributed by atoms with van der Waals surface area (Å²) in [7, 11) is -2.85. The fraction of sp³-hybridized carbons (Fsp3) is 0.500. The van der Waals surface area contributed by atoms with Crippen LogP contribution in [0, 0.1) is 0 Å². The fourth-order valence-electron chi connectivity index (χ4n) is 3.09. The van der Waals surface area contributed by atoms with Crippen molar-refractivity contribution >= 4 is 21.8 Å². The van der Waals surface area contributed by atoms with Crippen LogP contribution in [0.5, 0.6) is 0 Å². The van der Waals surface area contributed by atoms with Crippen LogP contribution in [0.15, 0.2) is 59.2 Å². The number of carbonyl (C=O) groups excluding carboxylic acids is 2. The van der Waals surface area contributed by atoms with E-state index in [4.69, 9.17) is 9.84 Å². The number of rotatable bonds is 15. The first kappa shape index (κ1) is 27.6. The van der Waals surface area contributed by atoms with Crippen LogP contribution in [0.3, 0.4) is 0 Å². The third-order valence-electron chi connectivity index (χ3n) is 4.76. The molecular formula is C24H34O7S. The average molecular weight is 467 g/mol. The number of carbonyl (C=O) groups is 2. The molecule has 178 valence electrons. The van der Waals surface area contributed by atoms with E-state index >= 15 is 0 Å². The molecule has 0 bridgehead atoms. The van der Waals surface area contributed by atoms with Gasteiger partial charge >= 0.3 is 11.9 Å². The molecule has 1 N–H and O–H groups in total. The summed E-state index contributed by atoms with van der Waals surface area (Å²) >= 11 is 0. The molecule has 0 aliphatic rings. The lowest BCUT2D eigenvalue weighted by Gasteiger charge is -2.12. The summed E-state index contributed by atoms with van der Waals surface area (Å²) in [4.78, 5) is 23.6.